The summed E-state index contributed by atoms with van der Waals surface area (Å²) in [4.78, 5) is 12.4. The van der Waals surface area contributed by atoms with E-state index in [2.05, 4.69) is 55.7 Å². The Morgan fingerprint density at radius 3 is 2.41 bits per heavy atom. The third-order valence-corrected chi connectivity index (χ3v) is 4.66. The van der Waals surface area contributed by atoms with Gasteiger partial charge in [0, 0.05) is 6.42 Å². The van der Waals surface area contributed by atoms with Gasteiger partial charge in [0.15, 0.2) is 0 Å². The first-order valence-electron chi connectivity index (χ1n) is 8.69. The molecule has 0 spiro atoms. The van der Waals surface area contributed by atoms with Crippen LogP contribution in [0.15, 0.2) is 24.3 Å². The average Bonchev–Trinajstić information content (AvgIpc) is 2.53. The van der Waals surface area contributed by atoms with Crippen molar-refractivity contribution in [1.29, 1.82) is 0 Å². The molecule has 22 heavy (non-hydrogen) atoms. The zero-order valence-corrected chi connectivity index (χ0v) is 14.2. The van der Waals surface area contributed by atoms with E-state index >= 15 is 0 Å². The van der Waals surface area contributed by atoms with Crippen molar-refractivity contribution in [2.45, 2.75) is 52.5 Å². The van der Waals surface area contributed by atoms with Gasteiger partial charge in [0.1, 0.15) is 0 Å². The number of benzene rings is 1. The number of hydrogen-bond donors (Lipinski definition) is 2. The molecule has 2 rings (SSSR count). The molecule has 1 aliphatic rings. The van der Waals surface area contributed by atoms with Crippen molar-refractivity contribution in [1.82, 2.24) is 10.6 Å². The van der Waals surface area contributed by atoms with Crippen LogP contribution in [0.3, 0.4) is 0 Å². The first kappa shape index (κ1) is 17.0. The zero-order valence-electron chi connectivity index (χ0n) is 14.2. The number of carbonyl (C=O) groups excluding carboxylic acids is 1. The molecule has 0 bridgehead atoms. The third-order valence-electron chi connectivity index (χ3n) is 4.66. The topological polar surface area (TPSA) is 41.1 Å². The first-order valence-corrected chi connectivity index (χ1v) is 8.69. The van der Waals surface area contributed by atoms with Crippen molar-refractivity contribution in [2.24, 2.45) is 11.8 Å². The maximum Gasteiger partial charge on any atom is 0.220 e. The molecule has 0 aromatic heterocycles. The van der Waals surface area contributed by atoms with E-state index in [4.69, 9.17) is 0 Å². The van der Waals surface area contributed by atoms with Crippen LogP contribution >= 0.6 is 0 Å². The molecule has 2 N–H and O–H groups in total. The van der Waals surface area contributed by atoms with Crippen LogP contribution in [0.25, 0.3) is 0 Å². The summed E-state index contributed by atoms with van der Waals surface area (Å²) in [6, 6.07) is 8.77. The van der Waals surface area contributed by atoms with Crippen LogP contribution in [0.4, 0.5) is 0 Å². The number of amides is 1. The second-order valence-electron chi connectivity index (χ2n) is 6.78. The normalized spacial score (nSPS) is 17.5. The van der Waals surface area contributed by atoms with Gasteiger partial charge < -0.3 is 10.6 Å². The van der Waals surface area contributed by atoms with Gasteiger partial charge in [-0.2, -0.15) is 0 Å². The monoisotopic (exact) mass is 302 g/mol. The maximum atomic E-state index is 12.4. The summed E-state index contributed by atoms with van der Waals surface area (Å²) in [5.74, 6) is 1.13. The maximum absolute atomic E-state index is 12.4. The van der Waals surface area contributed by atoms with Crippen molar-refractivity contribution in [3.05, 3.63) is 35.4 Å². The highest BCUT2D eigenvalue weighted by Crippen LogP contribution is 2.23. The molecule has 1 saturated heterocycles. The molecule has 122 valence electrons. The van der Waals surface area contributed by atoms with Crippen molar-refractivity contribution in [3.8, 4) is 0 Å². The number of rotatable bonds is 6. The summed E-state index contributed by atoms with van der Waals surface area (Å²) in [5, 5.41) is 6.61. The molecule has 1 aliphatic heterocycles. The Bertz CT molecular complexity index is 461. The molecule has 1 aromatic carbocycles. The Labute approximate surface area is 134 Å². The molecule has 1 aromatic rings. The van der Waals surface area contributed by atoms with Crippen LogP contribution in [0.2, 0.25) is 0 Å². The van der Waals surface area contributed by atoms with E-state index in [1.54, 1.807) is 0 Å². The van der Waals surface area contributed by atoms with Crippen LogP contribution in [-0.4, -0.2) is 19.0 Å². The largest absolute Gasteiger partial charge is 0.349 e. The molecule has 0 aliphatic carbocycles. The number of aryl methyl sites for hydroxylation is 1. The van der Waals surface area contributed by atoms with Gasteiger partial charge in [-0.05, 0) is 55.3 Å². The summed E-state index contributed by atoms with van der Waals surface area (Å²) < 4.78 is 0. The van der Waals surface area contributed by atoms with E-state index in [1.807, 2.05) is 0 Å². The molecule has 1 unspecified atom stereocenters. The fourth-order valence-corrected chi connectivity index (χ4v) is 3.18. The van der Waals surface area contributed by atoms with Crippen LogP contribution in [0, 0.1) is 11.8 Å². The van der Waals surface area contributed by atoms with Gasteiger partial charge in [-0.25, -0.2) is 0 Å². The van der Waals surface area contributed by atoms with Crippen molar-refractivity contribution in [3.63, 3.8) is 0 Å². The van der Waals surface area contributed by atoms with Crippen molar-refractivity contribution < 1.29 is 4.79 Å². The van der Waals surface area contributed by atoms with Crippen molar-refractivity contribution in [2.75, 3.05) is 13.1 Å². The molecule has 3 heteroatoms. The predicted octanol–water partition coefficient (Wildman–Crippen LogP) is 3.45. The minimum absolute atomic E-state index is 0.111. The lowest BCUT2D eigenvalue weighted by molar-refractivity contribution is -0.123. The second kappa shape index (κ2) is 8.33. The van der Waals surface area contributed by atoms with E-state index in [0.717, 1.165) is 32.4 Å². The molecule has 3 nitrogen and oxygen atoms in total. The summed E-state index contributed by atoms with van der Waals surface area (Å²) >= 11 is 0. The lowest BCUT2D eigenvalue weighted by Gasteiger charge is -2.26. The highest BCUT2D eigenvalue weighted by molar-refractivity contribution is 5.76. The van der Waals surface area contributed by atoms with E-state index in [0.29, 0.717) is 18.3 Å². The van der Waals surface area contributed by atoms with Crippen LogP contribution in [0.1, 0.15) is 57.2 Å². The SMILES string of the molecule is CCc1ccc(C(NC(=O)CC2CCNCC2)C(C)C)cc1. The van der Waals surface area contributed by atoms with Gasteiger partial charge in [0.2, 0.25) is 5.91 Å². The molecule has 1 heterocycles. The van der Waals surface area contributed by atoms with Gasteiger partial charge in [-0.15, -0.1) is 0 Å². The summed E-state index contributed by atoms with van der Waals surface area (Å²) in [5.41, 5.74) is 2.55. The van der Waals surface area contributed by atoms with Crippen LogP contribution in [-0.2, 0) is 11.2 Å². The lowest BCUT2D eigenvalue weighted by atomic mass is 9.92. The Morgan fingerprint density at radius 1 is 1.23 bits per heavy atom. The van der Waals surface area contributed by atoms with Gasteiger partial charge in [0.25, 0.3) is 0 Å². The van der Waals surface area contributed by atoms with Crippen LogP contribution < -0.4 is 10.6 Å². The fraction of sp³-hybridized carbons (Fsp3) is 0.632. The Hall–Kier alpha value is -1.35. The number of hydrogen-bond acceptors (Lipinski definition) is 2. The smallest absolute Gasteiger partial charge is 0.220 e. The minimum atomic E-state index is 0.111. The molecule has 1 atom stereocenters. The molecule has 0 saturated carbocycles. The second-order valence-corrected chi connectivity index (χ2v) is 6.78. The van der Waals surface area contributed by atoms with Crippen LogP contribution in [0.5, 0.6) is 0 Å². The fourth-order valence-electron chi connectivity index (χ4n) is 3.18. The van der Waals surface area contributed by atoms with E-state index in [-0.39, 0.29) is 11.9 Å². The molecule has 1 amide bonds. The Kier molecular flexibility index (Phi) is 6.44. The quantitative estimate of drug-likeness (QED) is 0.845. The number of nitrogens with one attached hydrogen (secondary N) is 2. The van der Waals surface area contributed by atoms with Gasteiger partial charge in [-0.1, -0.05) is 45.0 Å². The molecular weight excluding hydrogens is 272 g/mol. The summed E-state index contributed by atoms with van der Waals surface area (Å²) in [6.45, 7) is 8.59. The van der Waals surface area contributed by atoms with Gasteiger partial charge >= 0.3 is 0 Å². The van der Waals surface area contributed by atoms with Crippen molar-refractivity contribution >= 4 is 5.91 Å². The lowest BCUT2D eigenvalue weighted by Crippen LogP contribution is -2.35. The predicted molar refractivity (Wildman–Crippen MR) is 91.8 cm³/mol. The van der Waals surface area contributed by atoms with Gasteiger partial charge in [0.05, 0.1) is 6.04 Å². The summed E-state index contributed by atoms with van der Waals surface area (Å²) in [7, 11) is 0. The highest BCUT2D eigenvalue weighted by atomic mass is 16.1. The Morgan fingerprint density at radius 2 is 1.86 bits per heavy atom. The zero-order chi connectivity index (χ0) is 15.9. The van der Waals surface area contributed by atoms with E-state index in [1.165, 1.54) is 11.1 Å². The Balaban J connectivity index is 1.96. The van der Waals surface area contributed by atoms with E-state index in [9.17, 15) is 4.79 Å². The standard InChI is InChI=1S/C19H30N2O/c1-4-15-5-7-17(8-6-15)19(14(2)3)21-18(22)13-16-9-11-20-12-10-16/h5-8,14,16,19-20H,4,9-13H2,1-3H3,(H,21,22). The van der Waals surface area contributed by atoms with E-state index < -0.39 is 0 Å². The first-order chi connectivity index (χ1) is 10.6. The van der Waals surface area contributed by atoms with Gasteiger partial charge in [-0.3, -0.25) is 4.79 Å². The molecule has 0 radical (unpaired) electrons. The average molecular weight is 302 g/mol. The molecular formula is C19H30N2O. The summed E-state index contributed by atoms with van der Waals surface area (Å²) in [6.07, 6.45) is 3.95. The third kappa shape index (κ3) is 4.84. The number of carbonyl (C=O) groups is 1. The highest BCUT2D eigenvalue weighted by Gasteiger charge is 2.21. The number of piperidine rings is 1. The minimum Gasteiger partial charge on any atom is -0.349 e. The molecule has 1 fully saturated rings.